The van der Waals surface area contributed by atoms with Crippen molar-refractivity contribution in [3.05, 3.63) is 95.0 Å². The lowest BCUT2D eigenvalue weighted by Gasteiger charge is -2.32. The van der Waals surface area contributed by atoms with Gasteiger partial charge in [-0.25, -0.2) is 8.42 Å². The maximum absolute atomic E-state index is 13.9. The van der Waals surface area contributed by atoms with Gasteiger partial charge in [-0.05, 0) is 67.8 Å². The predicted molar refractivity (Wildman–Crippen MR) is 154 cm³/mol. The van der Waals surface area contributed by atoms with Crippen LogP contribution in [0.2, 0.25) is 5.02 Å². The molecule has 1 atom stereocenters. The first kappa shape index (κ1) is 31.4. The monoisotopic (exact) mass is 621 g/mol. The first-order valence-electron chi connectivity index (χ1n) is 13.5. The minimum atomic E-state index is -4.74. The molecule has 0 aliphatic heterocycles. The number of hydrogen-bond donors (Lipinski definition) is 1. The highest BCUT2D eigenvalue weighted by molar-refractivity contribution is 7.92. The van der Waals surface area contributed by atoms with Gasteiger partial charge in [0.05, 0.1) is 16.1 Å². The minimum absolute atomic E-state index is 0.0208. The molecule has 1 saturated carbocycles. The van der Waals surface area contributed by atoms with Gasteiger partial charge in [-0.2, -0.15) is 13.2 Å². The second kappa shape index (κ2) is 13.2. The summed E-state index contributed by atoms with van der Waals surface area (Å²) in [5.41, 5.74) is -0.774. The van der Waals surface area contributed by atoms with E-state index in [2.05, 4.69) is 5.32 Å². The van der Waals surface area contributed by atoms with Crippen molar-refractivity contribution in [2.24, 2.45) is 0 Å². The summed E-state index contributed by atoms with van der Waals surface area (Å²) in [6.45, 7) is 0.642. The van der Waals surface area contributed by atoms with Crippen LogP contribution in [-0.2, 0) is 32.3 Å². The molecular formula is C30H31ClF3N3O4S. The van der Waals surface area contributed by atoms with Gasteiger partial charge < -0.3 is 10.2 Å². The SMILES string of the molecule is C[C@@H](C(=O)NC1CCCC1)N(Cc1ccc(Cl)cc1)C(=O)CN(c1cccc(C(F)(F)F)c1)S(=O)(=O)c1ccccc1. The number of halogens is 4. The van der Waals surface area contributed by atoms with Crippen LogP contribution in [0.5, 0.6) is 0 Å². The Hall–Kier alpha value is -3.57. The van der Waals surface area contributed by atoms with E-state index in [4.69, 9.17) is 11.6 Å². The first-order chi connectivity index (χ1) is 19.9. The Morgan fingerprint density at radius 1 is 0.976 bits per heavy atom. The van der Waals surface area contributed by atoms with Crippen molar-refractivity contribution in [2.75, 3.05) is 10.8 Å². The minimum Gasteiger partial charge on any atom is -0.352 e. The molecule has 1 aliphatic rings. The zero-order valence-corrected chi connectivity index (χ0v) is 24.4. The molecule has 0 heterocycles. The van der Waals surface area contributed by atoms with Crippen molar-refractivity contribution in [3.8, 4) is 0 Å². The third kappa shape index (κ3) is 7.63. The molecule has 2 amide bonds. The topological polar surface area (TPSA) is 86.8 Å². The molecule has 0 radical (unpaired) electrons. The quantitative estimate of drug-likeness (QED) is 0.300. The van der Waals surface area contributed by atoms with E-state index in [1.54, 1.807) is 37.3 Å². The summed E-state index contributed by atoms with van der Waals surface area (Å²) in [7, 11) is -4.49. The zero-order chi connectivity index (χ0) is 30.5. The fourth-order valence-corrected chi connectivity index (χ4v) is 6.40. The van der Waals surface area contributed by atoms with Crippen molar-refractivity contribution >= 4 is 39.1 Å². The van der Waals surface area contributed by atoms with Crippen LogP contribution in [0.4, 0.5) is 18.9 Å². The molecule has 0 spiro atoms. The molecule has 0 bridgehead atoms. The van der Waals surface area contributed by atoms with E-state index >= 15 is 0 Å². The van der Waals surface area contributed by atoms with Crippen LogP contribution in [0.1, 0.15) is 43.7 Å². The Labute approximate surface area is 248 Å². The lowest BCUT2D eigenvalue weighted by Crippen LogP contribution is -2.52. The van der Waals surface area contributed by atoms with Crippen LogP contribution in [0, 0.1) is 0 Å². The molecule has 1 fully saturated rings. The molecule has 3 aromatic carbocycles. The Morgan fingerprint density at radius 2 is 1.62 bits per heavy atom. The molecule has 1 N–H and O–H groups in total. The van der Waals surface area contributed by atoms with Crippen LogP contribution in [0.15, 0.2) is 83.8 Å². The van der Waals surface area contributed by atoms with Gasteiger partial charge in [-0.3, -0.25) is 13.9 Å². The van der Waals surface area contributed by atoms with Crippen molar-refractivity contribution < 1.29 is 31.2 Å². The number of alkyl halides is 3. The second-order valence-corrected chi connectivity index (χ2v) is 12.5. The number of hydrogen-bond acceptors (Lipinski definition) is 4. The number of carbonyl (C=O) groups excluding carboxylic acids is 2. The van der Waals surface area contributed by atoms with Crippen LogP contribution < -0.4 is 9.62 Å². The smallest absolute Gasteiger partial charge is 0.352 e. The summed E-state index contributed by atoms with van der Waals surface area (Å²) in [5, 5.41) is 3.43. The molecule has 4 rings (SSSR count). The van der Waals surface area contributed by atoms with Crippen LogP contribution in [0.3, 0.4) is 0 Å². The first-order valence-corrected chi connectivity index (χ1v) is 15.3. The lowest BCUT2D eigenvalue weighted by molar-refractivity contribution is -0.139. The highest BCUT2D eigenvalue weighted by atomic mass is 35.5. The van der Waals surface area contributed by atoms with Gasteiger partial charge in [0.2, 0.25) is 11.8 Å². The van der Waals surface area contributed by atoms with Crippen molar-refractivity contribution in [1.82, 2.24) is 10.2 Å². The number of nitrogens with zero attached hydrogens (tertiary/aromatic N) is 2. The number of carbonyl (C=O) groups is 2. The molecule has 42 heavy (non-hydrogen) atoms. The van der Waals surface area contributed by atoms with Crippen molar-refractivity contribution in [2.45, 2.75) is 62.3 Å². The molecule has 0 unspecified atom stereocenters. The van der Waals surface area contributed by atoms with Gasteiger partial charge >= 0.3 is 6.18 Å². The largest absolute Gasteiger partial charge is 0.416 e. The number of sulfonamides is 1. The van der Waals surface area contributed by atoms with E-state index in [1.807, 2.05) is 0 Å². The molecule has 0 aromatic heterocycles. The number of benzene rings is 3. The van der Waals surface area contributed by atoms with E-state index in [0.29, 0.717) is 21.0 Å². The van der Waals surface area contributed by atoms with E-state index < -0.39 is 46.2 Å². The van der Waals surface area contributed by atoms with Crippen molar-refractivity contribution in [1.29, 1.82) is 0 Å². The maximum Gasteiger partial charge on any atom is 0.416 e. The summed E-state index contributed by atoms with van der Waals surface area (Å²) >= 11 is 6.01. The zero-order valence-electron chi connectivity index (χ0n) is 22.9. The second-order valence-electron chi connectivity index (χ2n) is 10.2. The highest BCUT2D eigenvalue weighted by Crippen LogP contribution is 2.33. The fraction of sp³-hybridized carbons (Fsp3) is 0.333. The number of nitrogens with one attached hydrogen (secondary N) is 1. The summed E-state index contributed by atoms with van der Waals surface area (Å²) < 4.78 is 68.9. The van der Waals surface area contributed by atoms with E-state index in [9.17, 15) is 31.2 Å². The van der Waals surface area contributed by atoms with Gasteiger partial charge in [0.25, 0.3) is 10.0 Å². The highest BCUT2D eigenvalue weighted by Gasteiger charge is 2.35. The third-order valence-corrected chi connectivity index (χ3v) is 9.25. The Kier molecular flexibility index (Phi) is 9.83. The third-order valence-electron chi connectivity index (χ3n) is 7.21. The van der Waals surface area contributed by atoms with Gasteiger partial charge in [-0.1, -0.05) is 60.8 Å². The van der Waals surface area contributed by atoms with Gasteiger partial charge in [-0.15, -0.1) is 0 Å². The van der Waals surface area contributed by atoms with Crippen LogP contribution in [-0.4, -0.2) is 43.8 Å². The standard InChI is InChI=1S/C30H31ClF3N3O4S/c1-21(29(39)35-25-9-5-6-10-25)36(19-22-14-16-24(31)17-15-22)28(38)20-37(42(40,41)27-12-3-2-4-13-27)26-11-7-8-23(18-26)30(32,33)34/h2-4,7-8,11-18,21,25H,5-6,9-10,19-20H2,1H3,(H,35,39)/t21-/m0/s1. The number of rotatable bonds is 10. The van der Waals surface area contributed by atoms with Crippen LogP contribution >= 0.6 is 11.6 Å². The maximum atomic E-state index is 13.9. The van der Waals surface area contributed by atoms with Crippen molar-refractivity contribution in [3.63, 3.8) is 0 Å². The number of anilines is 1. The predicted octanol–water partition coefficient (Wildman–Crippen LogP) is 6.03. The Morgan fingerprint density at radius 3 is 2.24 bits per heavy atom. The lowest BCUT2D eigenvalue weighted by atomic mass is 10.1. The van der Waals surface area contributed by atoms with E-state index in [1.165, 1.54) is 35.2 Å². The summed E-state index contributed by atoms with van der Waals surface area (Å²) in [6, 6.07) is 16.5. The normalized spacial score (nSPS) is 14.8. The molecule has 12 heteroatoms. The molecule has 0 saturated heterocycles. The Bertz CT molecular complexity index is 1500. The molecule has 3 aromatic rings. The summed E-state index contributed by atoms with van der Waals surface area (Å²) in [5.74, 6) is -1.17. The molecule has 224 valence electrons. The Balaban J connectivity index is 1.72. The van der Waals surface area contributed by atoms with Gasteiger partial charge in [0, 0.05) is 17.6 Å². The van der Waals surface area contributed by atoms with Crippen LogP contribution in [0.25, 0.3) is 0 Å². The summed E-state index contributed by atoms with van der Waals surface area (Å²) in [4.78, 5) is 28.2. The molecule has 1 aliphatic carbocycles. The van der Waals surface area contributed by atoms with E-state index in [-0.39, 0.29) is 23.2 Å². The van der Waals surface area contributed by atoms with Gasteiger partial charge in [0.15, 0.2) is 0 Å². The number of amides is 2. The molecule has 7 nitrogen and oxygen atoms in total. The fourth-order valence-electron chi connectivity index (χ4n) is 4.85. The summed E-state index contributed by atoms with van der Waals surface area (Å²) in [6.07, 6.45) is -1.13. The van der Waals surface area contributed by atoms with Gasteiger partial charge in [0.1, 0.15) is 12.6 Å². The molecular weight excluding hydrogens is 591 g/mol. The average molecular weight is 622 g/mol. The van der Waals surface area contributed by atoms with E-state index in [0.717, 1.165) is 37.8 Å². The average Bonchev–Trinajstić information content (AvgIpc) is 3.48.